The SMILES string of the molecule is CCCNC(c1cccc(OC)c1)c1snnc1C(C)C. The number of nitrogens with one attached hydrogen (secondary N) is 1. The summed E-state index contributed by atoms with van der Waals surface area (Å²) < 4.78 is 9.51. The van der Waals surface area contributed by atoms with Crippen molar-refractivity contribution in [1.82, 2.24) is 14.9 Å². The van der Waals surface area contributed by atoms with E-state index in [0.717, 1.165) is 24.4 Å². The molecule has 0 saturated carbocycles. The average molecular weight is 305 g/mol. The summed E-state index contributed by atoms with van der Waals surface area (Å²) in [4.78, 5) is 1.20. The number of hydrogen-bond donors (Lipinski definition) is 1. The number of methoxy groups -OCH3 is 1. The van der Waals surface area contributed by atoms with E-state index < -0.39 is 0 Å². The first-order valence-electron chi connectivity index (χ1n) is 7.36. The van der Waals surface area contributed by atoms with Gasteiger partial charge in [0.25, 0.3) is 0 Å². The van der Waals surface area contributed by atoms with Gasteiger partial charge in [-0.25, -0.2) is 0 Å². The molecule has 0 aliphatic heterocycles. The third kappa shape index (κ3) is 3.80. The monoisotopic (exact) mass is 305 g/mol. The third-order valence-electron chi connectivity index (χ3n) is 3.37. The molecule has 1 N–H and O–H groups in total. The predicted molar refractivity (Wildman–Crippen MR) is 87.1 cm³/mol. The van der Waals surface area contributed by atoms with Crippen LogP contribution in [-0.2, 0) is 0 Å². The minimum absolute atomic E-state index is 0.123. The van der Waals surface area contributed by atoms with Crippen LogP contribution < -0.4 is 10.1 Å². The second-order valence-corrected chi connectivity index (χ2v) is 6.13. The molecular formula is C16H23N3OS. The standard InChI is InChI=1S/C16H23N3OS/c1-5-9-17-15(12-7-6-8-13(10-12)20-4)16-14(11(2)3)18-19-21-16/h6-8,10-11,15,17H,5,9H2,1-4H3. The molecule has 2 aromatic rings. The van der Waals surface area contributed by atoms with E-state index in [9.17, 15) is 0 Å². The van der Waals surface area contributed by atoms with Crippen LogP contribution in [0.25, 0.3) is 0 Å². The van der Waals surface area contributed by atoms with E-state index in [2.05, 4.69) is 47.8 Å². The third-order valence-corrected chi connectivity index (χ3v) is 4.18. The second-order valence-electron chi connectivity index (χ2n) is 5.34. The summed E-state index contributed by atoms with van der Waals surface area (Å²) >= 11 is 1.48. The first-order chi connectivity index (χ1) is 10.2. The van der Waals surface area contributed by atoms with Crippen LogP contribution in [0.3, 0.4) is 0 Å². The molecule has 0 fully saturated rings. The van der Waals surface area contributed by atoms with Crippen molar-refractivity contribution in [2.45, 2.75) is 39.2 Å². The fraction of sp³-hybridized carbons (Fsp3) is 0.500. The lowest BCUT2D eigenvalue weighted by Gasteiger charge is -2.19. The molecule has 0 aliphatic carbocycles. The zero-order chi connectivity index (χ0) is 15.2. The lowest BCUT2D eigenvalue weighted by Crippen LogP contribution is -2.23. The molecule has 1 aromatic carbocycles. The summed E-state index contributed by atoms with van der Waals surface area (Å²) in [7, 11) is 1.70. The molecule has 21 heavy (non-hydrogen) atoms. The summed E-state index contributed by atoms with van der Waals surface area (Å²) in [5.41, 5.74) is 2.27. The molecule has 1 aromatic heterocycles. The highest BCUT2D eigenvalue weighted by Gasteiger charge is 2.22. The Morgan fingerprint density at radius 1 is 1.33 bits per heavy atom. The number of aromatic nitrogens is 2. The normalized spacial score (nSPS) is 12.6. The Morgan fingerprint density at radius 2 is 2.14 bits per heavy atom. The zero-order valence-corrected chi connectivity index (χ0v) is 13.9. The quantitative estimate of drug-likeness (QED) is 0.846. The summed E-state index contributed by atoms with van der Waals surface area (Å²) in [5, 5.41) is 7.92. The van der Waals surface area contributed by atoms with Crippen molar-refractivity contribution in [1.29, 1.82) is 0 Å². The molecular weight excluding hydrogens is 282 g/mol. The summed E-state index contributed by atoms with van der Waals surface area (Å²) in [6.45, 7) is 7.44. The second kappa shape index (κ2) is 7.52. The molecule has 0 radical (unpaired) electrons. The summed E-state index contributed by atoms with van der Waals surface area (Å²) in [6.07, 6.45) is 1.09. The average Bonchev–Trinajstić information content (AvgIpc) is 2.97. The van der Waals surface area contributed by atoms with Gasteiger partial charge < -0.3 is 10.1 Å². The van der Waals surface area contributed by atoms with Gasteiger partial charge in [-0.15, -0.1) is 5.10 Å². The minimum atomic E-state index is 0.123. The highest BCUT2D eigenvalue weighted by Crippen LogP contribution is 2.32. The van der Waals surface area contributed by atoms with Crippen LogP contribution in [0.5, 0.6) is 5.75 Å². The van der Waals surface area contributed by atoms with E-state index in [1.807, 2.05) is 12.1 Å². The van der Waals surface area contributed by atoms with Crippen molar-refractivity contribution in [3.8, 4) is 5.75 Å². The largest absolute Gasteiger partial charge is 0.497 e. The Balaban J connectivity index is 2.39. The van der Waals surface area contributed by atoms with Gasteiger partial charge in [0.05, 0.1) is 23.7 Å². The summed E-state index contributed by atoms with van der Waals surface area (Å²) in [6, 6.07) is 8.32. The van der Waals surface area contributed by atoms with Crippen LogP contribution in [0.4, 0.5) is 0 Å². The van der Waals surface area contributed by atoms with Crippen molar-refractivity contribution in [3.63, 3.8) is 0 Å². The van der Waals surface area contributed by atoms with Gasteiger partial charge in [0.15, 0.2) is 0 Å². The lowest BCUT2D eigenvalue weighted by molar-refractivity contribution is 0.413. The molecule has 1 heterocycles. The van der Waals surface area contributed by atoms with E-state index in [0.29, 0.717) is 5.92 Å². The summed E-state index contributed by atoms with van der Waals surface area (Å²) in [5.74, 6) is 1.25. The molecule has 0 bridgehead atoms. The lowest BCUT2D eigenvalue weighted by atomic mass is 10.00. The van der Waals surface area contributed by atoms with Crippen LogP contribution in [0, 0.1) is 0 Å². The molecule has 114 valence electrons. The molecule has 4 nitrogen and oxygen atoms in total. The predicted octanol–water partition coefficient (Wildman–Crippen LogP) is 3.76. The highest BCUT2D eigenvalue weighted by atomic mass is 32.1. The maximum Gasteiger partial charge on any atom is 0.119 e. The Kier molecular flexibility index (Phi) is 5.70. The molecule has 0 spiro atoms. The Morgan fingerprint density at radius 3 is 2.81 bits per heavy atom. The van der Waals surface area contributed by atoms with E-state index in [-0.39, 0.29) is 6.04 Å². The van der Waals surface area contributed by atoms with Crippen molar-refractivity contribution in [2.24, 2.45) is 0 Å². The van der Waals surface area contributed by atoms with Crippen molar-refractivity contribution in [3.05, 3.63) is 40.4 Å². The maximum atomic E-state index is 5.35. The van der Waals surface area contributed by atoms with E-state index in [1.165, 1.54) is 22.0 Å². The van der Waals surface area contributed by atoms with E-state index in [1.54, 1.807) is 7.11 Å². The van der Waals surface area contributed by atoms with Gasteiger partial charge in [0.2, 0.25) is 0 Å². The number of hydrogen-bond acceptors (Lipinski definition) is 5. The Labute approximate surface area is 130 Å². The number of ether oxygens (including phenoxy) is 1. The molecule has 1 unspecified atom stereocenters. The fourth-order valence-corrected chi connectivity index (χ4v) is 3.19. The van der Waals surface area contributed by atoms with Gasteiger partial charge in [0, 0.05) is 0 Å². The first-order valence-corrected chi connectivity index (χ1v) is 8.14. The number of nitrogens with zero attached hydrogens (tertiary/aromatic N) is 2. The smallest absolute Gasteiger partial charge is 0.119 e. The first kappa shape index (κ1) is 15.9. The van der Waals surface area contributed by atoms with Gasteiger partial charge in [-0.2, -0.15) is 0 Å². The molecule has 5 heteroatoms. The van der Waals surface area contributed by atoms with Gasteiger partial charge in [0.1, 0.15) is 5.75 Å². The highest BCUT2D eigenvalue weighted by molar-refractivity contribution is 7.05. The van der Waals surface area contributed by atoms with Crippen LogP contribution in [0.1, 0.15) is 55.3 Å². The van der Waals surface area contributed by atoms with E-state index in [4.69, 9.17) is 4.74 Å². The molecule has 0 aliphatic rings. The maximum absolute atomic E-state index is 5.35. The van der Waals surface area contributed by atoms with E-state index >= 15 is 0 Å². The van der Waals surface area contributed by atoms with Crippen LogP contribution in [0.2, 0.25) is 0 Å². The van der Waals surface area contributed by atoms with Crippen LogP contribution in [-0.4, -0.2) is 23.2 Å². The van der Waals surface area contributed by atoms with Crippen LogP contribution >= 0.6 is 11.5 Å². The minimum Gasteiger partial charge on any atom is -0.497 e. The molecule has 2 rings (SSSR count). The zero-order valence-electron chi connectivity index (χ0n) is 13.1. The van der Waals surface area contributed by atoms with Crippen LogP contribution in [0.15, 0.2) is 24.3 Å². The van der Waals surface area contributed by atoms with Gasteiger partial charge in [-0.1, -0.05) is 37.4 Å². The Bertz CT molecular complexity index is 568. The number of benzene rings is 1. The van der Waals surface area contributed by atoms with Crippen molar-refractivity contribution < 1.29 is 4.74 Å². The molecule has 0 amide bonds. The van der Waals surface area contributed by atoms with Gasteiger partial charge >= 0.3 is 0 Å². The number of rotatable bonds is 7. The van der Waals surface area contributed by atoms with Crippen molar-refractivity contribution >= 4 is 11.5 Å². The topological polar surface area (TPSA) is 47.0 Å². The molecule has 1 atom stereocenters. The Hall–Kier alpha value is -1.46. The molecule has 0 saturated heterocycles. The van der Waals surface area contributed by atoms with Crippen molar-refractivity contribution in [2.75, 3.05) is 13.7 Å². The van der Waals surface area contributed by atoms with Gasteiger partial charge in [-0.3, -0.25) is 0 Å². The fourth-order valence-electron chi connectivity index (χ4n) is 2.28. The van der Waals surface area contributed by atoms with Gasteiger partial charge in [-0.05, 0) is 48.1 Å².